The first-order valence-corrected chi connectivity index (χ1v) is 11.9. The Morgan fingerprint density at radius 1 is 1.32 bits per heavy atom. The fraction of sp³-hybridized carbons (Fsp3) is 0.632. The molecular formula is C19H28Cl2N2O4S. The Hall–Kier alpha value is -0.860. The van der Waals surface area contributed by atoms with Crippen molar-refractivity contribution in [2.75, 3.05) is 26.2 Å². The van der Waals surface area contributed by atoms with Gasteiger partial charge < -0.3 is 10.1 Å². The highest BCUT2D eigenvalue weighted by Gasteiger charge is 2.33. The van der Waals surface area contributed by atoms with E-state index in [-0.39, 0.29) is 30.2 Å². The van der Waals surface area contributed by atoms with Crippen molar-refractivity contribution in [1.82, 2.24) is 9.62 Å². The largest absolute Gasteiger partial charge is 0.379 e. The lowest BCUT2D eigenvalue weighted by Gasteiger charge is -2.31. The molecule has 9 heteroatoms. The second-order valence-electron chi connectivity index (χ2n) is 7.22. The van der Waals surface area contributed by atoms with Crippen LogP contribution in [0.1, 0.15) is 38.7 Å². The number of nitrogens with one attached hydrogen (secondary N) is 1. The van der Waals surface area contributed by atoms with E-state index in [1.54, 1.807) is 18.2 Å². The lowest BCUT2D eigenvalue weighted by molar-refractivity contribution is -0.126. The van der Waals surface area contributed by atoms with E-state index < -0.39 is 10.0 Å². The fourth-order valence-corrected chi connectivity index (χ4v) is 5.46. The van der Waals surface area contributed by atoms with Gasteiger partial charge in [0.15, 0.2) is 0 Å². The van der Waals surface area contributed by atoms with Gasteiger partial charge in [-0.1, -0.05) is 29.3 Å². The standard InChI is InChI=1S/C19H28Cl2N2O4S/c1-14(2)27-11-5-9-22-19(24)15-6-4-10-23(12-15)28(25,26)13-16-17(20)7-3-8-18(16)21/h3,7-8,14-15H,4-6,9-13H2,1-2H3,(H,22,24). The minimum atomic E-state index is -3.62. The number of hydrogen-bond donors (Lipinski definition) is 1. The molecule has 28 heavy (non-hydrogen) atoms. The molecule has 1 fully saturated rings. The Balaban J connectivity index is 1.91. The molecule has 1 aliphatic heterocycles. The molecule has 158 valence electrons. The summed E-state index contributed by atoms with van der Waals surface area (Å²) in [5, 5.41) is 3.53. The van der Waals surface area contributed by atoms with E-state index >= 15 is 0 Å². The predicted octanol–water partition coefficient (Wildman–Crippen LogP) is 3.47. The fourth-order valence-electron chi connectivity index (χ4n) is 3.10. The molecule has 1 aliphatic rings. The summed E-state index contributed by atoms with van der Waals surface area (Å²) >= 11 is 12.2. The average Bonchev–Trinajstić information content (AvgIpc) is 2.64. The highest BCUT2D eigenvalue weighted by molar-refractivity contribution is 7.88. The van der Waals surface area contributed by atoms with Gasteiger partial charge in [0, 0.05) is 41.8 Å². The molecule has 1 aromatic rings. The van der Waals surface area contributed by atoms with Crippen molar-refractivity contribution in [1.29, 1.82) is 0 Å². The maximum atomic E-state index is 12.9. The van der Waals surface area contributed by atoms with Crippen LogP contribution in [-0.2, 0) is 25.3 Å². The smallest absolute Gasteiger partial charge is 0.224 e. The summed E-state index contributed by atoms with van der Waals surface area (Å²) in [4.78, 5) is 12.4. The molecule has 1 N–H and O–H groups in total. The molecule has 0 saturated carbocycles. The van der Waals surface area contributed by atoms with E-state index in [1.165, 1.54) is 4.31 Å². The number of benzene rings is 1. The molecule has 1 amide bonds. The number of amides is 1. The van der Waals surface area contributed by atoms with E-state index in [0.717, 1.165) is 6.42 Å². The number of piperidine rings is 1. The van der Waals surface area contributed by atoms with Gasteiger partial charge in [-0.2, -0.15) is 0 Å². The number of rotatable bonds is 9. The number of ether oxygens (including phenoxy) is 1. The van der Waals surface area contributed by atoms with E-state index in [1.807, 2.05) is 13.8 Å². The minimum Gasteiger partial charge on any atom is -0.379 e. The Morgan fingerprint density at radius 2 is 2.00 bits per heavy atom. The van der Waals surface area contributed by atoms with Crippen LogP contribution in [0.25, 0.3) is 0 Å². The molecule has 0 aliphatic carbocycles. The molecule has 0 radical (unpaired) electrons. The average molecular weight is 451 g/mol. The SMILES string of the molecule is CC(C)OCCCNC(=O)C1CCCN(S(=O)(=O)Cc2c(Cl)cccc2Cl)C1. The molecule has 0 aromatic heterocycles. The summed E-state index contributed by atoms with van der Waals surface area (Å²) in [6, 6.07) is 4.91. The van der Waals surface area contributed by atoms with Gasteiger partial charge in [0.2, 0.25) is 15.9 Å². The van der Waals surface area contributed by atoms with Crippen LogP contribution in [0.15, 0.2) is 18.2 Å². The lowest BCUT2D eigenvalue weighted by Crippen LogP contribution is -2.46. The topological polar surface area (TPSA) is 75.7 Å². The summed E-state index contributed by atoms with van der Waals surface area (Å²) in [5.74, 6) is -0.733. The van der Waals surface area contributed by atoms with Crippen molar-refractivity contribution >= 4 is 39.1 Å². The first kappa shape index (κ1) is 23.4. The predicted molar refractivity (Wildman–Crippen MR) is 112 cm³/mol. The highest BCUT2D eigenvalue weighted by atomic mass is 35.5. The zero-order valence-electron chi connectivity index (χ0n) is 16.3. The maximum Gasteiger partial charge on any atom is 0.224 e. The molecule has 1 saturated heterocycles. The van der Waals surface area contributed by atoms with Crippen LogP contribution in [0.5, 0.6) is 0 Å². The number of nitrogens with zero attached hydrogens (tertiary/aromatic N) is 1. The van der Waals surface area contributed by atoms with E-state index in [4.69, 9.17) is 27.9 Å². The first-order chi connectivity index (χ1) is 13.2. The Kier molecular flexibility index (Phi) is 9.02. The van der Waals surface area contributed by atoms with Crippen molar-refractivity contribution in [3.63, 3.8) is 0 Å². The van der Waals surface area contributed by atoms with Gasteiger partial charge in [0.25, 0.3) is 0 Å². The van der Waals surface area contributed by atoms with Crippen molar-refractivity contribution in [2.24, 2.45) is 5.92 Å². The quantitative estimate of drug-likeness (QED) is 0.584. The zero-order valence-corrected chi connectivity index (χ0v) is 18.6. The molecule has 2 rings (SSSR count). The summed E-state index contributed by atoms with van der Waals surface area (Å²) in [7, 11) is -3.62. The molecule has 1 aromatic carbocycles. The summed E-state index contributed by atoms with van der Waals surface area (Å²) in [6.07, 6.45) is 2.21. The second kappa shape index (κ2) is 10.8. The van der Waals surface area contributed by atoms with E-state index in [9.17, 15) is 13.2 Å². The Bertz CT molecular complexity index is 751. The number of carbonyl (C=O) groups is 1. The lowest BCUT2D eigenvalue weighted by atomic mass is 9.99. The third-order valence-corrected chi connectivity index (χ3v) is 7.09. The number of hydrogen-bond acceptors (Lipinski definition) is 4. The monoisotopic (exact) mass is 450 g/mol. The van der Waals surface area contributed by atoms with E-state index in [0.29, 0.717) is 48.1 Å². The Morgan fingerprint density at radius 3 is 2.64 bits per heavy atom. The molecule has 0 bridgehead atoms. The van der Waals surface area contributed by atoms with Crippen LogP contribution < -0.4 is 5.32 Å². The van der Waals surface area contributed by atoms with Crippen molar-refractivity contribution in [3.05, 3.63) is 33.8 Å². The van der Waals surface area contributed by atoms with Gasteiger partial charge in [0.1, 0.15) is 0 Å². The van der Waals surface area contributed by atoms with Crippen molar-refractivity contribution in [2.45, 2.75) is 45.0 Å². The second-order valence-corrected chi connectivity index (χ2v) is 10.0. The number of sulfonamides is 1. The molecule has 1 heterocycles. The van der Waals surface area contributed by atoms with Crippen LogP contribution in [-0.4, -0.2) is 51.0 Å². The van der Waals surface area contributed by atoms with Gasteiger partial charge in [0.05, 0.1) is 17.8 Å². The molecule has 1 atom stereocenters. The van der Waals surface area contributed by atoms with Gasteiger partial charge >= 0.3 is 0 Å². The zero-order chi connectivity index (χ0) is 20.7. The molecule has 0 spiro atoms. The molecule has 1 unspecified atom stereocenters. The van der Waals surface area contributed by atoms with Gasteiger partial charge in [-0.3, -0.25) is 4.79 Å². The van der Waals surface area contributed by atoms with Gasteiger partial charge in [-0.15, -0.1) is 0 Å². The van der Waals surface area contributed by atoms with Crippen LogP contribution in [0.4, 0.5) is 0 Å². The summed E-state index contributed by atoms with van der Waals surface area (Å²) in [6.45, 7) is 5.61. The minimum absolute atomic E-state index is 0.111. The van der Waals surface area contributed by atoms with Crippen LogP contribution in [0.2, 0.25) is 10.0 Å². The molecular weight excluding hydrogens is 423 g/mol. The Labute approximate surface area is 177 Å². The van der Waals surface area contributed by atoms with Crippen molar-refractivity contribution < 1.29 is 17.9 Å². The third-order valence-electron chi connectivity index (χ3n) is 4.61. The normalized spacial score (nSPS) is 18.4. The summed E-state index contributed by atoms with van der Waals surface area (Å²) in [5.41, 5.74) is 0.391. The first-order valence-electron chi connectivity index (χ1n) is 9.50. The maximum absolute atomic E-state index is 12.9. The van der Waals surface area contributed by atoms with Crippen molar-refractivity contribution in [3.8, 4) is 0 Å². The van der Waals surface area contributed by atoms with Crippen LogP contribution >= 0.6 is 23.2 Å². The van der Waals surface area contributed by atoms with Gasteiger partial charge in [-0.05, 0) is 45.2 Å². The van der Waals surface area contributed by atoms with Crippen LogP contribution in [0, 0.1) is 5.92 Å². The van der Waals surface area contributed by atoms with Crippen LogP contribution in [0.3, 0.4) is 0 Å². The summed E-state index contributed by atoms with van der Waals surface area (Å²) < 4.78 is 32.5. The van der Waals surface area contributed by atoms with E-state index in [2.05, 4.69) is 5.32 Å². The number of carbonyl (C=O) groups excluding carboxylic acids is 1. The number of halogens is 2. The highest BCUT2D eigenvalue weighted by Crippen LogP contribution is 2.29. The third kappa shape index (κ3) is 6.88. The molecule has 6 nitrogen and oxygen atoms in total. The van der Waals surface area contributed by atoms with Gasteiger partial charge in [-0.25, -0.2) is 12.7 Å².